The van der Waals surface area contributed by atoms with Crippen molar-refractivity contribution in [3.63, 3.8) is 0 Å². The van der Waals surface area contributed by atoms with E-state index >= 15 is 0 Å². The third-order valence-electron chi connectivity index (χ3n) is 3.93. The van der Waals surface area contributed by atoms with Crippen molar-refractivity contribution in [2.45, 2.75) is 25.2 Å². The summed E-state index contributed by atoms with van der Waals surface area (Å²) in [4.78, 5) is 19.3. The summed E-state index contributed by atoms with van der Waals surface area (Å²) in [5, 5.41) is 4.51. The Kier molecular flexibility index (Phi) is 4.81. The Labute approximate surface area is 138 Å². The van der Waals surface area contributed by atoms with Crippen molar-refractivity contribution in [3.05, 3.63) is 61.7 Å². The van der Waals surface area contributed by atoms with Crippen LogP contribution >= 0.6 is 23.2 Å². The molecule has 1 aromatic heterocycles. The molecule has 0 bridgehead atoms. The lowest BCUT2D eigenvalue weighted by Crippen LogP contribution is -2.30. The molecule has 1 unspecified atom stereocenters. The standard InChI is InChI=1S/C16H17Cl2N3O/c17-12-4-1-5-13(18)11(12)7-15-20-14(8-16(22)21-15)10-3-2-6-19-9-10/h1,4-5,8,10,19H,2-3,6-7,9H2,(H,20,21,22). The number of benzene rings is 1. The van der Waals surface area contributed by atoms with Gasteiger partial charge in [0.25, 0.3) is 5.56 Å². The zero-order chi connectivity index (χ0) is 15.5. The van der Waals surface area contributed by atoms with Crippen LogP contribution in [-0.2, 0) is 6.42 Å². The molecule has 1 atom stereocenters. The maximum Gasteiger partial charge on any atom is 0.251 e. The van der Waals surface area contributed by atoms with Crippen molar-refractivity contribution in [1.29, 1.82) is 0 Å². The van der Waals surface area contributed by atoms with Gasteiger partial charge in [-0.15, -0.1) is 0 Å². The zero-order valence-corrected chi connectivity index (χ0v) is 13.5. The number of rotatable bonds is 3. The third kappa shape index (κ3) is 3.51. The molecule has 1 saturated heterocycles. The Morgan fingerprint density at radius 1 is 1.27 bits per heavy atom. The number of H-pyrrole nitrogens is 1. The molecule has 0 radical (unpaired) electrons. The average molecular weight is 338 g/mol. The summed E-state index contributed by atoms with van der Waals surface area (Å²) in [6.45, 7) is 1.89. The summed E-state index contributed by atoms with van der Waals surface area (Å²) < 4.78 is 0. The van der Waals surface area contributed by atoms with Gasteiger partial charge < -0.3 is 10.3 Å². The Morgan fingerprint density at radius 2 is 2.05 bits per heavy atom. The minimum Gasteiger partial charge on any atom is -0.316 e. The lowest BCUT2D eigenvalue weighted by Gasteiger charge is -2.22. The number of aromatic amines is 1. The van der Waals surface area contributed by atoms with E-state index in [-0.39, 0.29) is 11.5 Å². The molecule has 6 heteroatoms. The molecule has 22 heavy (non-hydrogen) atoms. The normalized spacial score (nSPS) is 18.4. The monoisotopic (exact) mass is 337 g/mol. The average Bonchev–Trinajstić information content (AvgIpc) is 2.51. The molecule has 2 aromatic rings. The summed E-state index contributed by atoms with van der Waals surface area (Å²) in [5.41, 5.74) is 1.50. The Morgan fingerprint density at radius 3 is 2.73 bits per heavy atom. The molecule has 4 nitrogen and oxygen atoms in total. The van der Waals surface area contributed by atoms with E-state index in [0.717, 1.165) is 37.2 Å². The van der Waals surface area contributed by atoms with Gasteiger partial charge >= 0.3 is 0 Å². The van der Waals surface area contributed by atoms with E-state index in [1.807, 2.05) is 0 Å². The number of nitrogens with one attached hydrogen (secondary N) is 2. The van der Waals surface area contributed by atoms with Gasteiger partial charge in [-0.1, -0.05) is 29.3 Å². The summed E-state index contributed by atoms with van der Waals surface area (Å²) in [6, 6.07) is 6.97. The molecule has 0 aliphatic carbocycles. The lowest BCUT2D eigenvalue weighted by molar-refractivity contribution is 0.453. The highest BCUT2D eigenvalue weighted by Gasteiger charge is 2.18. The molecule has 2 heterocycles. The molecule has 1 aliphatic heterocycles. The van der Waals surface area contributed by atoms with Crippen LogP contribution < -0.4 is 10.9 Å². The van der Waals surface area contributed by atoms with E-state index in [1.54, 1.807) is 24.3 Å². The second kappa shape index (κ2) is 6.82. The molecule has 3 rings (SSSR count). The van der Waals surface area contributed by atoms with Gasteiger partial charge in [0.2, 0.25) is 0 Å². The van der Waals surface area contributed by atoms with E-state index in [0.29, 0.717) is 22.3 Å². The summed E-state index contributed by atoms with van der Waals surface area (Å²) in [5.74, 6) is 0.889. The molecule has 1 fully saturated rings. The number of halogens is 2. The molecule has 0 saturated carbocycles. The zero-order valence-electron chi connectivity index (χ0n) is 12.0. The predicted molar refractivity (Wildman–Crippen MR) is 89.0 cm³/mol. The fourth-order valence-electron chi connectivity index (χ4n) is 2.79. The molecule has 1 aliphatic rings. The van der Waals surface area contributed by atoms with Crippen LogP contribution in [0.25, 0.3) is 0 Å². The van der Waals surface area contributed by atoms with Crippen LogP contribution in [0, 0.1) is 0 Å². The number of nitrogens with zero attached hydrogens (tertiary/aromatic N) is 1. The van der Waals surface area contributed by atoms with Gasteiger partial charge in [-0.05, 0) is 37.1 Å². The Hall–Kier alpha value is -1.36. The van der Waals surface area contributed by atoms with Gasteiger partial charge in [0.1, 0.15) is 5.82 Å². The van der Waals surface area contributed by atoms with Crippen LogP contribution in [0.5, 0.6) is 0 Å². The van der Waals surface area contributed by atoms with Crippen molar-refractivity contribution < 1.29 is 0 Å². The number of piperidine rings is 1. The van der Waals surface area contributed by atoms with E-state index in [2.05, 4.69) is 15.3 Å². The minimum absolute atomic E-state index is 0.131. The second-order valence-electron chi connectivity index (χ2n) is 5.54. The highest BCUT2D eigenvalue weighted by atomic mass is 35.5. The summed E-state index contributed by atoms with van der Waals surface area (Å²) in [6.07, 6.45) is 2.57. The smallest absolute Gasteiger partial charge is 0.251 e. The fraction of sp³-hybridized carbons (Fsp3) is 0.375. The van der Waals surface area contributed by atoms with E-state index in [9.17, 15) is 4.79 Å². The van der Waals surface area contributed by atoms with Gasteiger partial charge in [0.15, 0.2) is 0 Å². The van der Waals surface area contributed by atoms with Crippen LogP contribution in [0.1, 0.15) is 35.8 Å². The van der Waals surface area contributed by atoms with Crippen LogP contribution in [0.3, 0.4) is 0 Å². The van der Waals surface area contributed by atoms with Gasteiger partial charge in [-0.3, -0.25) is 4.79 Å². The van der Waals surface area contributed by atoms with Gasteiger partial charge in [-0.25, -0.2) is 4.98 Å². The topological polar surface area (TPSA) is 57.8 Å². The van der Waals surface area contributed by atoms with Crippen molar-refractivity contribution in [2.24, 2.45) is 0 Å². The minimum atomic E-state index is -0.131. The number of aromatic nitrogens is 2. The van der Waals surface area contributed by atoms with Crippen molar-refractivity contribution >= 4 is 23.2 Å². The SMILES string of the molecule is O=c1cc(C2CCCNC2)nc(Cc2c(Cl)cccc2Cl)[nH]1. The second-order valence-corrected chi connectivity index (χ2v) is 6.35. The predicted octanol–water partition coefficient (Wildman–Crippen LogP) is 3.13. The Bertz CT molecular complexity index is 703. The van der Waals surface area contributed by atoms with Crippen molar-refractivity contribution in [3.8, 4) is 0 Å². The molecule has 0 spiro atoms. The first-order valence-corrected chi connectivity index (χ1v) is 8.13. The van der Waals surface area contributed by atoms with Gasteiger partial charge in [0.05, 0.1) is 5.69 Å². The van der Waals surface area contributed by atoms with Crippen LogP contribution in [0.15, 0.2) is 29.1 Å². The van der Waals surface area contributed by atoms with Gasteiger partial charge in [0, 0.05) is 35.0 Å². The van der Waals surface area contributed by atoms with E-state index < -0.39 is 0 Å². The quantitative estimate of drug-likeness (QED) is 0.904. The summed E-state index contributed by atoms with van der Waals surface area (Å²) in [7, 11) is 0. The van der Waals surface area contributed by atoms with Crippen molar-refractivity contribution in [2.75, 3.05) is 13.1 Å². The molecule has 2 N–H and O–H groups in total. The highest BCUT2D eigenvalue weighted by Crippen LogP contribution is 2.26. The van der Waals surface area contributed by atoms with Gasteiger partial charge in [-0.2, -0.15) is 0 Å². The van der Waals surface area contributed by atoms with Crippen molar-refractivity contribution in [1.82, 2.24) is 15.3 Å². The molecular weight excluding hydrogens is 321 g/mol. The third-order valence-corrected chi connectivity index (χ3v) is 4.64. The Balaban J connectivity index is 1.91. The first kappa shape index (κ1) is 15.5. The molecule has 1 aromatic carbocycles. The van der Waals surface area contributed by atoms with E-state index in [4.69, 9.17) is 23.2 Å². The number of hydrogen-bond donors (Lipinski definition) is 2. The lowest BCUT2D eigenvalue weighted by atomic mass is 9.96. The highest BCUT2D eigenvalue weighted by molar-refractivity contribution is 6.36. The maximum atomic E-state index is 11.9. The fourth-order valence-corrected chi connectivity index (χ4v) is 3.33. The van der Waals surface area contributed by atoms with E-state index in [1.165, 1.54) is 0 Å². The molecule has 0 amide bonds. The molecular formula is C16H17Cl2N3O. The first-order valence-electron chi connectivity index (χ1n) is 7.37. The molecule has 116 valence electrons. The summed E-state index contributed by atoms with van der Waals surface area (Å²) >= 11 is 12.4. The van der Waals surface area contributed by atoms with Crippen LogP contribution in [0.4, 0.5) is 0 Å². The maximum absolute atomic E-state index is 11.9. The number of hydrogen-bond acceptors (Lipinski definition) is 3. The van der Waals surface area contributed by atoms with Crippen LogP contribution in [-0.4, -0.2) is 23.1 Å². The largest absolute Gasteiger partial charge is 0.316 e. The first-order chi connectivity index (χ1) is 10.6. The van der Waals surface area contributed by atoms with Crippen LogP contribution in [0.2, 0.25) is 10.0 Å².